The third-order valence-corrected chi connectivity index (χ3v) is 3.06. The van der Waals surface area contributed by atoms with E-state index in [1.807, 2.05) is 37.3 Å². The van der Waals surface area contributed by atoms with Gasteiger partial charge in [0.15, 0.2) is 0 Å². The number of nitrogens with one attached hydrogen (secondary N) is 1. The Morgan fingerprint density at radius 2 is 2.00 bits per heavy atom. The lowest BCUT2D eigenvalue weighted by Crippen LogP contribution is -2.34. The fraction of sp³-hybridized carbons (Fsp3) is 0.400. The molecule has 1 aromatic rings. The largest absolute Gasteiger partial charge is 0.462 e. The summed E-state index contributed by atoms with van der Waals surface area (Å²) in [5.41, 5.74) is 13.1. The van der Waals surface area contributed by atoms with Gasteiger partial charge in [-0.15, -0.1) is 0 Å². The fourth-order valence-electron chi connectivity index (χ4n) is 1.78. The first-order valence-electron chi connectivity index (χ1n) is 6.74. The van der Waals surface area contributed by atoms with Gasteiger partial charge >= 0.3 is 5.97 Å². The van der Waals surface area contributed by atoms with Gasteiger partial charge in [0.2, 0.25) is 0 Å². The van der Waals surface area contributed by atoms with Crippen LogP contribution in [0.4, 0.5) is 0 Å². The van der Waals surface area contributed by atoms with Crippen LogP contribution in [-0.4, -0.2) is 25.7 Å². The van der Waals surface area contributed by atoms with Gasteiger partial charge in [0.1, 0.15) is 5.82 Å². The number of carbonyl (C=O) groups excluding carboxylic acids is 1. The smallest absolute Gasteiger partial charge is 0.339 e. The zero-order valence-corrected chi connectivity index (χ0v) is 12.1. The maximum atomic E-state index is 12.1. The van der Waals surface area contributed by atoms with Gasteiger partial charge in [-0.3, -0.25) is 0 Å². The minimum absolute atomic E-state index is 0.268. The molecule has 0 saturated heterocycles. The molecular formula is C15H23N3O2. The number of rotatable bonds is 7. The van der Waals surface area contributed by atoms with Crippen LogP contribution in [0.3, 0.4) is 0 Å². The van der Waals surface area contributed by atoms with E-state index in [4.69, 9.17) is 16.2 Å². The van der Waals surface area contributed by atoms with Crippen molar-refractivity contribution in [1.29, 1.82) is 0 Å². The van der Waals surface area contributed by atoms with E-state index in [-0.39, 0.29) is 5.82 Å². The minimum Gasteiger partial charge on any atom is -0.462 e. The van der Waals surface area contributed by atoms with Crippen LogP contribution < -0.4 is 16.8 Å². The second kappa shape index (κ2) is 8.22. The lowest BCUT2D eigenvalue weighted by atomic mass is 10.1. The topological polar surface area (TPSA) is 90.4 Å². The number of ether oxygens (including phenoxy) is 1. The molecule has 20 heavy (non-hydrogen) atoms. The lowest BCUT2D eigenvalue weighted by molar-refractivity contribution is -0.139. The molecule has 1 unspecified atom stereocenters. The van der Waals surface area contributed by atoms with E-state index in [1.54, 1.807) is 7.05 Å². The average molecular weight is 277 g/mol. The lowest BCUT2D eigenvalue weighted by Gasteiger charge is -2.16. The molecule has 0 aliphatic heterocycles. The Hall–Kier alpha value is -2.01. The van der Waals surface area contributed by atoms with Gasteiger partial charge in [0.05, 0.1) is 12.2 Å². The summed E-state index contributed by atoms with van der Waals surface area (Å²) < 4.78 is 5.26. The zero-order chi connectivity index (χ0) is 15.0. The number of hydrogen-bond acceptors (Lipinski definition) is 5. The molecule has 1 rings (SSSR count). The van der Waals surface area contributed by atoms with E-state index in [9.17, 15) is 4.79 Å². The Bertz CT molecular complexity index is 457. The number of hydrogen-bond donors (Lipinski definition) is 3. The maximum absolute atomic E-state index is 12.1. The molecule has 0 spiro atoms. The van der Waals surface area contributed by atoms with Gasteiger partial charge in [-0.1, -0.05) is 37.3 Å². The van der Waals surface area contributed by atoms with Gasteiger partial charge in [-0.25, -0.2) is 4.79 Å². The molecular weight excluding hydrogens is 254 g/mol. The molecule has 0 fully saturated rings. The van der Waals surface area contributed by atoms with Crippen LogP contribution in [0.1, 0.15) is 18.9 Å². The van der Waals surface area contributed by atoms with Gasteiger partial charge in [-0.2, -0.15) is 0 Å². The summed E-state index contributed by atoms with van der Waals surface area (Å²) in [6, 6.07) is 9.41. The summed E-state index contributed by atoms with van der Waals surface area (Å²) in [6.45, 7) is 2.20. The number of benzene rings is 1. The van der Waals surface area contributed by atoms with E-state index in [0.29, 0.717) is 25.0 Å². The highest BCUT2D eigenvalue weighted by Gasteiger charge is 2.21. The van der Waals surface area contributed by atoms with E-state index in [0.717, 1.165) is 5.56 Å². The Balaban J connectivity index is 2.60. The highest BCUT2D eigenvalue weighted by molar-refractivity contribution is 5.90. The van der Waals surface area contributed by atoms with Gasteiger partial charge < -0.3 is 21.5 Å². The van der Waals surface area contributed by atoms with E-state index in [1.165, 1.54) is 0 Å². The molecule has 0 radical (unpaired) electrons. The Kier molecular flexibility index (Phi) is 6.59. The third kappa shape index (κ3) is 4.59. The Morgan fingerprint density at radius 1 is 1.35 bits per heavy atom. The summed E-state index contributed by atoms with van der Waals surface area (Å²) in [6.07, 6.45) is 1.28. The van der Waals surface area contributed by atoms with Crippen LogP contribution in [0, 0.1) is 0 Å². The predicted molar refractivity (Wildman–Crippen MR) is 79.6 cm³/mol. The molecule has 0 bridgehead atoms. The maximum Gasteiger partial charge on any atom is 0.339 e. The minimum atomic E-state index is -0.456. The molecule has 1 aromatic carbocycles. The fourth-order valence-corrected chi connectivity index (χ4v) is 1.78. The first-order valence-corrected chi connectivity index (χ1v) is 6.74. The number of nitrogens with two attached hydrogens (primary N) is 2. The van der Waals surface area contributed by atoms with E-state index in [2.05, 4.69) is 5.32 Å². The summed E-state index contributed by atoms with van der Waals surface area (Å²) in [7, 11) is 1.65. The van der Waals surface area contributed by atoms with Crippen molar-refractivity contribution < 1.29 is 9.53 Å². The molecule has 0 saturated carbocycles. The van der Waals surface area contributed by atoms with Gasteiger partial charge in [0, 0.05) is 19.5 Å². The van der Waals surface area contributed by atoms with Crippen LogP contribution in [0.5, 0.6) is 0 Å². The second-order valence-electron chi connectivity index (χ2n) is 4.46. The Morgan fingerprint density at radius 3 is 2.55 bits per heavy atom. The van der Waals surface area contributed by atoms with Crippen molar-refractivity contribution in [3.05, 3.63) is 47.3 Å². The number of esters is 1. The van der Waals surface area contributed by atoms with Crippen LogP contribution in [-0.2, 0) is 16.0 Å². The van der Waals surface area contributed by atoms with Crippen molar-refractivity contribution in [2.45, 2.75) is 25.8 Å². The molecule has 0 aliphatic carbocycles. The quantitative estimate of drug-likeness (QED) is 0.509. The number of carbonyl (C=O) groups is 1. The molecule has 5 N–H and O–H groups in total. The van der Waals surface area contributed by atoms with Crippen molar-refractivity contribution in [3.8, 4) is 0 Å². The summed E-state index contributed by atoms with van der Waals surface area (Å²) in [5.74, 6) is -0.189. The molecule has 110 valence electrons. The third-order valence-electron chi connectivity index (χ3n) is 3.06. The molecule has 0 aromatic heterocycles. The SMILES string of the molecule is CCC(N)/C(C(=O)OCCc1ccccc1)=C(/N)NC. The van der Waals surface area contributed by atoms with Crippen LogP contribution in [0.15, 0.2) is 41.7 Å². The molecule has 0 heterocycles. The molecule has 1 atom stereocenters. The second-order valence-corrected chi connectivity index (χ2v) is 4.46. The Labute approximate surface area is 120 Å². The normalized spacial score (nSPS) is 13.3. The highest BCUT2D eigenvalue weighted by Crippen LogP contribution is 2.09. The van der Waals surface area contributed by atoms with Crippen LogP contribution in [0.2, 0.25) is 0 Å². The highest BCUT2D eigenvalue weighted by atomic mass is 16.5. The van der Waals surface area contributed by atoms with E-state index < -0.39 is 12.0 Å². The van der Waals surface area contributed by atoms with Crippen LogP contribution in [0.25, 0.3) is 0 Å². The predicted octanol–water partition coefficient (Wildman–Crippen LogP) is 0.899. The zero-order valence-electron chi connectivity index (χ0n) is 12.1. The standard InChI is InChI=1S/C15H23N3O2/c1-3-12(16)13(14(17)18-2)15(19)20-10-9-11-7-5-4-6-8-11/h4-8,12,18H,3,9-10,16-17H2,1-2H3/b14-13+. The summed E-state index contributed by atoms with van der Waals surface area (Å²) >= 11 is 0. The van der Waals surface area contributed by atoms with Crippen molar-refractivity contribution in [3.63, 3.8) is 0 Å². The van der Waals surface area contributed by atoms with Gasteiger partial charge in [0.25, 0.3) is 0 Å². The van der Waals surface area contributed by atoms with Crippen molar-refractivity contribution in [2.75, 3.05) is 13.7 Å². The average Bonchev–Trinajstić information content (AvgIpc) is 2.48. The van der Waals surface area contributed by atoms with Gasteiger partial charge in [-0.05, 0) is 12.0 Å². The van der Waals surface area contributed by atoms with Crippen LogP contribution >= 0.6 is 0 Å². The van der Waals surface area contributed by atoms with Crippen molar-refractivity contribution in [1.82, 2.24) is 5.32 Å². The summed E-state index contributed by atoms with van der Waals surface area (Å²) in [4.78, 5) is 12.1. The first kappa shape index (κ1) is 16.0. The molecule has 0 amide bonds. The molecule has 5 heteroatoms. The van der Waals surface area contributed by atoms with Crippen molar-refractivity contribution >= 4 is 5.97 Å². The first-order chi connectivity index (χ1) is 9.60. The summed E-state index contributed by atoms with van der Waals surface area (Å²) in [5, 5.41) is 2.75. The molecule has 5 nitrogen and oxygen atoms in total. The van der Waals surface area contributed by atoms with Crippen molar-refractivity contribution in [2.24, 2.45) is 11.5 Å². The van der Waals surface area contributed by atoms with E-state index >= 15 is 0 Å². The monoisotopic (exact) mass is 277 g/mol. The molecule has 0 aliphatic rings.